The number of hydrogen-bond acceptors (Lipinski definition) is 9. The van der Waals surface area contributed by atoms with E-state index in [4.69, 9.17) is 14.2 Å². The van der Waals surface area contributed by atoms with Gasteiger partial charge in [0.2, 0.25) is 0 Å². The van der Waals surface area contributed by atoms with E-state index in [1.807, 2.05) is 0 Å². The highest BCUT2D eigenvalue weighted by molar-refractivity contribution is 6.22. The van der Waals surface area contributed by atoms with E-state index in [1.165, 1.54) is 9.80 Å². The van der Waals surface area contributed by atoms with Gasteiger partial charge >= 0.3 is 0 Å². The second-order valence-electron chi connectivity index (χ2n) is 10.1. The van der Waals surface area contributed by atoms with Gasteiger partial charge in [-0.1, -0.05) is 24.3 Å². The van der Waals surface area contributed by atoms with Crippen molar-refractivity contribution in [2.75, 3.05) is 92.0 Å². The summed E-state index contributed by atoms with van der Waals surface area (Å²) in [5, 5.41) is 0. The number of nitrogens with zero attached hydrogens (tertiary/aromatic N) is 4. The second kappa shape index (κ2) is 13.9. The summed E-state index contributed by atoms with van der Waals surface area (Å²) in [6, 6.07) is 13.8. The largest absolute Gasteiger partial charge is 0.379 e. The van der Waals surface area contributed by atoms with Crippen LogP contribution in [0.1, 0.15) is 41.4 Å². The molecule has 5 rings (SSSR count). The van der Waals surface area contributed by atoms with Crippen LogP contribution < -0.4 is 0 Å². The first-order chi connectivity index (χ1) is 20.0. The van der Waals surface area contributed by atoms with Crippen LogP contribution in [0, 0.1) is 0 Å². The van der Waals surface area contributed by atoms with Crippen LogP contribution in [0.3, 0.4) is 0 Å². The molecule has 11 heteroatoms. The van der Waals surface area contributed by atoms with Gasteiger partial charge in [-0.3, -0.25) is 38.8 Å². The van der Waals surface area contributed by atoms with Crippen molar-refractivity contribution in [1.29, 1.82) is 0 Å². The van der Waals surface area contributed by atoms with Crippen molar-refractivity contribution in [3.8, 4) is 0 Å². The Hall–Kier alpha value is -3.48. The Morgan fingerprint density at radius 1 is 0.439 bits per heavy atom. The fourth-order valence-corrected chi connectivity index (χ4v) is 5.24. The number of benzene rings is 2. The van der Waals surface area contributed by atoms with Gasteiger partial charge in [-0.25, -0.2) is 0 Å². The number of carbonyl (C=O) groups excluding carboxylic acids is 4. The second-order valence-corrected chi connectivity index (χ2v) is 10.1. The first kappa shape index (κ1) is 29.0. The molecule has 41 heavy (non-hydrogen) atoms. The zero-order chi connectivity index (χ0) is 28.6. The lowest BCUT2D eigenvalue weighted by molar-refractivity contribution is 0.0305. The van der Waals surface area contributed by atoms with Gasteiger partial charge in [0.1, 0.15) is 0 Å². The maximum atomic E-state index is 12.7. The number of rotatable bonds is 6. The maximum Gasteiger partial charge on any atom is 0.261 e. The highest BCUT2D eigenvalue weighted by Crippen LogP contribution is 2.23. The minimum absolute atomic E-state index is 0.255. The number of ether oxygens (including phenoxy) is 3. The Labute approximate surface area is 239 Å². The highest BCUT2D eigenvalue weighted by atomic mass is 16.5. The molecule has 1 fully saturated rings. The molecule has 0 radical (unpaired) electrons. The average Bonchev–Trinajstić information content (AvgIpc) is 3.38. The zero-order valence-electron chi connectivity index (χ0n) is 23.2. The molecular weight excluding hydrogens is 528 g/mol. The van der Waals surface area contributed by atoms with E-state index in [2.05, 4.69) is 9.80 Å². The SMILES string of the molecule is O=C1c2ccccc2C(=O)N1CCN1CCOCCOCCN(CCN2C(=O)c3ccccc3C2=O)CCOCC1. The molecule has 218 valence electrons. The third-order valence-electron chi connectivity index (χ3n) is 7.62. The van der Waals surface area contributed by atoms with Gasteiger partial charge in [0.25, 0.3) is 23.6 Å². The monoisotopic (exact) mass is 564 g/mol. The number of hydrogen-bond donors (Lipinski definition) is 0. The molecule has 2 aromatic rings. The van der Waals surface area contributed by atoms with Gasteiger partial charge < -0.3 is 14.2 Å². The Morgan fingerprint density at radius 2 is 0.732 bits per heavy atom. The molecule has 2 aromatic carbocycles. The molecular formula is C30H36N4O7. The average molecular weight is 565 g/mol. The van der Waals surface area contributed by atoms with E-state index < -0.39 is 0 Å². The molecule has 3 aliphatic rings. The van der Waals surface area contributed by atoms with Gasteiger partial charge in [-0.15, -0.1) is 0 Å². The Morgan fingerprint density at radius 3 is 1.05 bits per heavy atom. The first-order valence-corrected chi connectivity index (χ1v) is 14.1. The lowest BCUT2D eigenvalue weighted by Gasteiger charge is -2.25. The molecule has 0 saturated carbocycles. The van der Waals surface area contributed by atoms with Crippen LogP contribution in [0.4, 0.5) is 0 Å². The normalized spacial score (nSPS) is 20.2. The standard InChI is InChI=1S/C30H36N4O7/c35-27-23-5-1-2-6-24(23)28(36)33(27)11-9-31-13-17-39-18-14-32(16-20-41-22-21-40-19-15-31)10-12-34-29(37)25-7-3-4-8-26(25)30(34)38/h1-8H,9-22H2. The molecule has 11 nitrogen and oxygen atoms in total. The van der Waals surface area contributed by atoms with Gasteiger partial charge in [0, 0.05) is 52.4 Å². The predicted octanol–water partition coefficient (Wildman–Crippen LogP) is 1.25. The van der Waals surface area contributed by atoms with Gasteiger partial charge in [0.05, 0.1) is 61.9 Å². The van der Waals surface area contributed by atoms with Crippen molar-refractivity contribution >= 4 is 23.6 Å². The van der Waals surface area contributed by atoms with Crippen LogP contribution in [-0.2, 0) is 14.2 Å². The molecule has 0 aliphatic carbocycles. The number of carbonyl (C=O) groups is 4. The molecule has 4 amide bonds. The molecule has 0 N–H and O–H groups in total. The lowest BCUT2D eigenvalue weighted by atomic mass is 10.1. The van der Waals surface area contributed by atoms with Gasteiger partial charge in [-0.2, -0.15) is 0 Å². The fourth-order valence-electron chi connectivity index (χ4n) is 5.24. The van der Waals surface area contributed by atoms with E-state index >= 15 is 0 Å². The summed E-state index contributed by atoms with van der Waals surface area (Å²) in [4.78, 5) is 57.8. The van der Waals surface area contributed by atoms with E-state index in [9.17, 15) is 19.2 Å². The summed E-state index contributed by atoms with van der Waals surface area (Å²) in [7, 11) is 0. The first-order valence-electron chi connectivity index (χ1n) is 14.1. The van der Waals surface area contributed by atoms with Crippen LogP contribution in [0.2, 0.25) is 0 Å². The van der Waals surface area contributed by atoms with Crippen LogP contribution in [0.15, 0.2) is 48.5 Å². The number of fused-ring (bicyclic) bond motifs is 2. The maximum absolute atomic E-state index is 12.7. The van der Waals surface area contributed by atoms with E-state index in [0.29, 0.717) is 114 Å². The third kappa shape index (κ3) is 6.88. The Bertz CT molecular complexity index is 1100. The summed E-state index contributed by atoms with van der Waals surface area (Å²) >= 11 is 0. The van der Waals surface area contributed by atoms with Crippen LogP contribution in [0.5, 0.6) is 0 Å². The minimum Gasteiger partial charge on any atom is -0.379 e. The summed E-state index contributed by atoms with van der Waals surface area (Å²) in [6.45, 7) is 7.00. The highest BCUT2D eigenvalue weighted by Gasteiger charge is 2.36. The van der Waals surface area contributed by atoms with Crippen molar-refractivity contribution < 1.29 is 33.4 Å². The van der Waals surface area contributed by atoms with Crippen molar-refractivity contribution in [3.05, 3.63) is 70.8 Å². The van der Waals surface area contributed by atoms with Crippen LogP contribution >= 0.6 is 0 Å². The van der Waals surface area contributed by atoms with E-state index in [1.54, 1.807) is 48.5 Å². The molecule has 3 heterocycles. The molecule has 0 unspecified atom stereocenters. The summed E-state index contributed by atoms with van der Waals surface area (Å²) in [5.41, 5.74) is 1.81. The van der Waals surface area contributed by atoms with E-state index in [0.717, 1.165) is 0 Å². The quantitative estimate of drug-likeness (QED) is 0.479. The van der Waals surface area contributed by atoms with E-state index in [-0.39, 0.29) is 23.6 Å². The molecule has 0 bridgehead atoms. The van der Waals surface area contributed by atoms with Crippen molar-refractivity contribution in [1.82, 2.24) is 19.6 Å². The van der Waals surface area contributed by atoms with Crippen LogP contribution in [0.25, 0.3) is 0 Å². The van der Waals surface area contributed by atoms with Gasteiger partial charge in [-0.05, 0) is 24.3 Å². The summed E-state index contributed by atoms with van der Waals surface area (Å²) < 4.78 is 17.4. The minimum atomic E-state index is -0.255. The van der Waals surface area contributed by atoms with Crippen molar-refractivity contribution in [2.24, 2.45) is 0 Å². The van der Waals surface area contributed by atoms with Crippen molar-refractivity contribution in [3.63, 3.8) is 0 Å². The molecule has 3 aliphatic heterocycles. The molecule has 1 saturated heterocycles. The predicted molar refractivity (Wildman–Crippen MR) is 149 cm³/mol. The summed E-state index contributed by atoms with van der Waals surface area (Å²) in [6.07, 6.45) is 0. The third-order valence-corrected chi connectivity index (χ3v) is 7.62. The molecule has 0 spiro atoms. The summed E-state index contributed by atoms with van der Waals surface area (Å²) in [5.74, 6) is -1.02. The Kier molecular flexibility index (Phi) is 9.86. The molecule has 0 atom stereocenters. The number of amides is 4. The molecule has 0 aromatic heterocycles. The van der Waals surface area contributed by atoms with Crippen molar-refractivity contribution in [2.45, 2.75) is 0 Å². The number of imide groups is 2. The lowest BCUT2D eigenvalue weighted by Crippen LogP contribution is -2.41. The zero-order valence-corrected chi connectivity index (χ0v) is 23.2. The smallest absolute Gasteiger partial charge is 0.261 e. The van der Waals surface area contributed by atoms with Crippen LogP contribution in [-0.4, -0.2) is 135 Å². The topological polar surface area (TPSA) is 109 Å². The fraction of sp³-hybridized carbons (Fsp3) is 0.467. The Balaban J connectivity index is 1.10. The van der Waals surface area contributed by atoms with Gasteiger partial charge in [0.15, 0.2) is 0 Å².